The Kier molecular flexibility index (Phi) is 6.43. The number of hydrogen-bond donors (Lipinski definition) is 2. The summed E-state index contributed by atoms with van der Waals surface area (Å²) in [5.41, 5.74) is 5.18. The van der Waals surface area contributed by atoms with Crippen LogP contribution in [0.3, 0.4) is 0 Å². The van der Waals surface area contributed by atoms with E-state index in [1.807, 2.05) is 12.1 Å². The van der Waals surface area contributed by atoms with Crippen LogP contribution in [0.2, 0.25) is 0 Å². The molecule has 190 valence electrons. The molecule has 3 aromatic carbocycles. The van der Waals surface area contributed by atoms with Gasteiger partial charge in [0.1, 0.15) is 0 Å². The van der Waals surface area contributed by atoms with Crippen molar-refractivity contribution in [3.63, 3.8) is 0 Å². The van der Waals surface area contributed by atoms with E-state index in [9.17, 15) is 9.59 Å². The van der Waals surface area contributed by atoms with Crippen molar-refractivity contribution in [3.8, 4) is 11.5 Å². The molecule has 1 aliphatic carbocycles. The van der Waals surface area contributed by atoms with Crippen LogP contribution in [0.15, 0.2) is 60.7 Å². The van der Waals surface area contributed by atoms with Crippen molar-refractivity contribution >= 4 is 23.2 Å². The third kappa shape index (κ3) is 4.99. The normalized spacial score (nSPS) is 16.7. The second-order valence-corrected chi connectivity index (χ2v) is 10.0. The molecule has 3 aliphatic rings. The van der Waals surface area contributed by atoms with E-state index in [1.54, 1.807) is 24.3 Å². The molecule has 7 heteroatoms. The third-order valence-corrected chi connectivity index (χ3v) is 7.55. The number of benzene rings is 3. The summed E-state index contributed by atoms with van der Waals surface area (Å²) in [5.74, 6) is 0.836. The minimum absolute atomic E-state index is 0.0834. The zero-order chi connectivity index (χ0) is 25.2. The molecule has 2 heterocycles. The summed E-state index contributed by atoms with van der Waals surface area (Å²) in [4.78, 5) is 28.9. The number of anilines is 2. The molecular formula is C30H31N3O4. The Morgan fingerprint density at radius 1 is 0.838 bits per heavy atom. The highest BCUT2D eigenvalue weighted by molar-refractivity contribution is 6.06. The lowest BCUT2D eigenvalue weighted by Crippen LogP contribution is -2.38. The van der Waals surface area contributed by atoms with Crippen LogP contribution in [0.5, 0.6) is 11.5 Å². The van der Waals surface area contributed by atoms with Crippen molar-refractivity contribution in [2.24, 2.45) is 0 Å². The lowest BCUT2D eigenvalue weighted by molar-refractivity contribution is 0.0927. The van der Waals surface area contributed by atoms with Crippen LogP contribution in [0, 0.1) is 0 Å². The molecule has 1 saturated carbocycles. The summed E-state index contributed by atoms with van der Waals surface area (Å²) in [5, 5.41) is 6.23. The van der Waals surface area contributed by atoms with Crippen LogP contribution in [-0.4, -0.2) is 31.2 Å². The zero-order valence-corrected chi connectivity index (χ0v) is 20.8. The number of ether oxygens (including phenoxy) is 2. The fraction of sp³-hybridized carbons (Fsp3) is 0.333. The maximum absolute atomic E-state index is 13.6. The van der Waals surface area contributed by atoms with Gasteiger partial charge in [0, 0.05) is 36.1 Å². The third-order valence-electron chi connectivity index (χ3n) is 7.55. The van der Waals surface area contributed by atoms with Crippen molar-refractivity contribution < 1.29 is 19.1 Å². The number of carbonyl (C=O) groups is 2. The van der Waals surface area contributed by atoms with Gasteiger partial charge >= 0.3 is 0 Å². The second-order valence-electron chi connectivity index (χ2n) is 10.0. The molecule has 0 aromatic heterocycles. The maximum Gasteiger partial charge on any atom is 0.255 e. The first-order valence-electron chi connectivity index (χ1n) is 13.1. The monoisotopic (exact) mass is 497 g/mol. The summed E-state index contributed by atoms with van der Waals surface area (Å²) in [7, 11) is 0. The van der Waals surface area contributed by atoms with E-state index < -0.39 is 0 Å². The van der Waals surface area contributed by atoms with Crippen molar-refractivity contribution in [2.75, 3.05) is 23.6 Å². The predicted molar refractivity (Wildman–Crippen MR) is 142 cm³/mol. The molecule has 0 atom stereocenters. The van der Waals surface area contributed by atoms with Gasteiger partial charge < -0.3 is 25.0 Å². The van der Waals surface area contributed by atoms with Gasteiger partial charge in [-0.05, 0) is 66.8 Å². The maximum atomic E-state index is 13.6. The molecule has 6 rings (SSSR count). The van der Waals surface area contributed by atoms with Crippen LogP contribution >= 0.6 is 0 Å². The number of rotatable bonds is 5. The number of nitrogens with zero attached hydrogens (tertiary/aromatic N) is 1. The second kappa shape index (κ2) is 10.2. The molecule has 0 spiro atoms. The Morgan fingerprint density at radius 2 is 1.65 bits per heavy atom. The summed E-state index contributed by atoms with van der Waals surface area (Å²) in [6.45, 7) is 1.74. The molecule has 2 aliphatic heterocycles. The van der Waals surface area contributed by atoms with Crippen molar-refractivity contribution in [2.45, 2.75) is 51.1 Å². The molecule has 37 heavy (non-hydrogen) atoms. The molecule has 0 unspecified atom stereocenters. The molecule has 0 radical (unpaired) electrons. The smallest absolute Gasteiger partial charge is 0.255 e. The average molecular weight is 498 g/mol. The van der Waals surface area contributed by atoms with Gasteiger partial charge in [-0.1, -0.05) is 43.5 Å². The minimum Gasteiger partial charge on any atom is -0.454 e. The summed E-state index contributed by atoms with van der Waals surface area (Å²) in [6.07, 6.45) is 6.48. The van der Waals surface area contributed by atoms with Gasteiger partial charge in [0.05, 0.1) is 5.56 Å². The van der Waals surface area contributed by atoms with Gasteiger partial charge in [-0.25, -0.2) is 0 Å². The van der Waals surface area contributed by atoms with E-state index in [4.69, 9.17) is 9.47 Å². The number of amides is 2. The number of fused-ring (bicyclic) bond motifs is 2. The highest BCUT2D eigenvalue weighted by atomic mass is 16.7. The molecular weight excluding hydrogens is 466 g/mol. The van der Waals surface area contributed by atoms with Crippen LogP contribution in [0.1, 0.15) is 63.9 Å². The Labute approximate surface area is 216 Å². The van der Waals surface area contributed by atoms with Gasteiger partial charge in [-0.2, -0.15) is 0 Å². The zero-order valence-electron chi connectivity index (χ0n) is 20.8. The highest BCUT2D eigenvalue weighted by Gasteiger charge is 2.24. The van der Waals surface area contributed by atoms with E-state index in [0.717, 1.165) is 50.9 Å². The largest absolute Gasteiger partial charge is 0.454 e. The van der Waals surface area contributed by atoms with Crippen LogP contribution in [0.4, 0.5) is 11.4 Å². The van der Waals surface area contributed by atoms with Gasteiger partial charge in [-0.15, -0.1) is 0 Å². The van der Waals surface area contributed by atoms with E-state index in [1.165, 1.54) is 17.5 Å². The summed E-state index contributed by atoms with van der Waals surface area (Å²) < 4.78 is 10.8. The molecule has 2 amide bonds. The van der Waals surface area contributed by atoms with E-state index in [2.05, 4.69) is 39.8 Å². The van der Waals surface area contributed by atoms with Gasteiger partial charge in [-0.3, -0.25) is 9.59 Å². The van der Waals surface area contributed by atoms with Gasteiger partial charge in [0.2, 0.25) is 6.79 Å². The minimum atomic E-state index is -0.267. The van der Waals surface area contributed by atoms with Gasteiger partial charge in [0.25, 0.3) is 11.8 Å². The Balaban J connectivity index is 1.27. The van der Waals surface area contributed by atoms with Crippen LogP contribution < -0.4 is 25.0 Å². The molecule has 7 nitrogen and oxygen atoms in total. The lowest BCUT2D eigenvalue weighted by Gasteiger charge is -2.32. The topological polar surface area (TPSA) is 79.9 Å². The van der Waals surface area contributed by atoms with E-state index >= 15 is 0 Å². The first-order valence-corrected chi connectivity index (χ1v) is 13.1. The molecule has 0 bridgehead atoms. The van der Waals surface area contributed by atoms with Crippen molar-refractivity contribution in [1.29, 1.82) is 0 Å². The summed E-state index contributed by atoms with van der Waals surface area (Å²) >= 11 is 0. The lowest BCUT2D eigenvalue weighted by atomic mass is 9.95. The molecule has 0 saturated heterocycles. The quantitative estimate of drug-likeness (QED) is 0.501. The standard InChI is InChI=1S/C30H31N3O4/c34-29(21-10-13-27-28(16-21)37-19-36-27)32-24-11-12-26(33-15-14-20-6-4-5-7-22(20)18-33)25(17-24)30(35)31-23-8-2-1-3-9-23/h4-7,10-13,16-17,23H,1-3,8-9,14-15,18-19H2,(H,31,35)(H,32,34). The average Bonchev–Trinajstić information content (AvgIpc) is 3.41. The van der Waals surface area contributed by atoms with Crippen LogP contribution in [-0.2, 0) is 13.0 Å². The van der Waals surface area contributed by atoms with Crippen LogP contribution in [0.25, 0.3) is 0 Å². The van der Waals surface area contributed by atoms with Gasteiger partial charge in [0.15, 0.2) is 11.5 Å². The Morgan fingerprint density at radius 3 is 2.51 bits per heavy atom. The number of nitrogens with one attached hydrogen (secondary N) is 2. The SMILES string of the molecule is O=C(Nc1ccc(N2CCc3ccccc3C2)c(C(=O)NC2CCCCC2)c1)c1ccc2c(c1)OCO2. The molecule has 3 aromatic rings. The molecule has 2 N–H and O–H groups in total. The molecule has 1 fully saturated rings. The predicted octanol–water partition coefficient (Wildman–Crippen LogP) is 5.29. The Hall–Kier alpha value is -4.00. The van der Waals surface area contributed by atoms with Crippen molar-refractivity contribution in [3.05, 3.63) is 82.9 Å². The summed E-state index contributed by atoms with van der Waals surface area (Å²) in [6, 6.07) is 19.4. The fourth-order valence-corrected chi connectivity index (χ4v) is 5.52. The van der Waals surface area contributed by atoms with E-state index in [0.29, 0.717) is 28.3 Å². The van der Waals surface area contributed by atoms with Crippen molar-refractivity contribution in [1.82, 2.24) is 5.32 Å². The first-order chi connectivity index (χ1) is 18.1. The highest BCUT2D eigenvalue weighted by Crippen LogP contribution is 2.33. The Bertz CT molecular complexity index is 1330. The number of hydrogen-bond acceptors (Lipinski definition) is 5. The number of carbonyl (C=O) groups excluding carboxylic acids is 2. The first kappa shape index (κ1) is 23.4. The fourth-order valence-electron chi connectivity index (χ4n) is 5.52. The van der Waals surface area contributed by atoms with E-state index in [-0.39, 0.29) is 24.6 Å².